The minimum atomic E-state index is -0.347. The predicted octanol–water partition coefficient (Wildman–Crippen LogP) is -0.175. The molecule has 0 aromatic carbocycles. The van der Waals surface area contributed by atoms with E-state index in [-0.39, 0.29) is 12.5 Å². The molecule has 66 valence electrons. The highest BCUT2D eigenvalue weighted by atomic mass is 127. The molecule has 0 aromatic heterocycles. The highest BCUT2D eigenvalue weighted by Gasteiger charge is 2.02. The summed E-state index contributed by atoms with van der Waals surface area (Å²) in [6, 6.07) is 0. The second-order valence-corrected chi connectivity index (χ2v) is 3.65. The third-order valence-electron chi connectivity index (χ3n) is 1.33. The van der Waals surface area contributed by atoms with Crippen molar-refractivity contribution in [2.24, 2.45) is 5.73 Å². The van der Waals surface area contributed by atoms with Crippen molar-refractivity contribution in [3.05, 3.63) is 21.6 Å². The van der Waals surface area contributed by atoms with E-state index in [9.17, 15) is 4.79 Å². The van der Waals surface area contributed by atoms with Crippen LogP contribution in [0.1, 0.15) is 0 Å². The van der Waals surface area contributed by atoms with Gasteiger partial charge in [0.25, 0.3) is 0 Å². The molecule has 1 aliphatic heterocycles. The van der Waals surface area contributed by atoms with Crippen LogP contribution in [0.2, 0.25) is 0 Å². The molecule has 12 heavy (non-hydrogen) atoms. The van der Waals surface area contributed by atoms with Crippen LogP contribution in [0.4, 0.5) is 0 Å². The first-order valence-corrected chi connectivity index (χ1v) is 4.58. The third-order valence-corrected chi connectivity index (χ3v) is 1.96. The van der Waals surface area contributed by atoms with E-state index in [4.69, 9.17) is 5.73 Å². The monoisotopic (exact) mass is 279 g/mol. The van der Waals surface area contributed by atoms with Crippen molar-refractivity contribution in [1.29, 1.82) is 0 Å². The summed E-state index contributed by atoms with van der Waals surface area (Å²) in [6.45, 7) is 0.914. The van der Waals surface area contributed by atoms with Crippen LogP contribution < -0.4 is 16.4 Å². The Balaban J connectivity index is 2.42. The average molecular weight is 279 g/mol. The van der Waals surface area contributed by atoms with E-state index in [2.05, 4.69) is 33.2 Å². The molecule has 1 rings (SSSR count). The lowest BCUT2D eigenvalue weighted by atomic mass is 10.3. The Labute approximate surface area is 84.4 Å². The number of allylic oxidation sites excluding steroid dienone is 2. The standard InChI is InChI=1S/C7H10IN3O/c8-5-1-6(3-10-2-5)11-4-7(9)12/h1-2,10-11H,3-4H2,(H2,9,12). The van der Waals surface area contributed by atoms with Gasteiger partial charge in [-0.1, -0.05) is 0 Å². The maximum atomic E-state index is 10.4. The van der Waals surface area contributed by atoms with Crippen molar-refractivity contribution in [3.63, 3.8) is 0 Å². The Hall–Kier alpha value is -0.720. The van der Waals surface area contributed by atoms with Crippen LogP contribution in [0.3, 0.4) is 0 Å². The molecule has 1 aliphatic rings. The number of hydrogen-bond donors (Lipinski definition) is 3. The van der Waals surface area contributed by atoms with E-state index in [0.29, 0.717) is 0 Å². The van der Waals surface area contributed by atoms with Gasteiger partial charge in [0.1, 0.15) is 0 Å². The quantitative estimate of drug-likeness (QED) is 0.628. The summed E-state index contributed by atoms with van der Waals surface area (Å²) in [5, 5.41) is 5.99. The molecule has 0 saturated heterocycles. The Bertz CT molecular complexity index is 247. The normalized spacial score (nSPS) is 15.8. The zero-order valence-electron chi connectivity index (χ0n) is 6.43. The summed E-state index contributed by atoms with van der Waals surface area (Å²) in [6.07, 6.45) is 3.88. The first-order chi connectivity index (χ1) is 5.68. The van der Waals surface area contributed by atoms with Gasteiger partial charge in [0.15, 0.2) is 0 Å². The molecule has 0 unspecified atom stereocenters. The molecule has 0 bridgehead atoms. The number of nitrogens with two attached hydrogens (primary N) is 1. The molecule has 0 atom stereocenters. The van der Waals surface area contributed by atoms with Gasteiger partial charge in [-0.3, -0.25) is 4.79 Å². The number of hydrogen-bond acceptors (Lipinski definition) is 3. The number of carbonyl (C=O) groups excluding carboxylic acids is 1. The Morgan fingerprint density at radius 1 is 1.83 bits per heavy atom. The summed E-state index contributed by atoms with van der Waals surface area (Å²) in [5.74, 6) is -0.347. The maximum absolute atomic E-state index is 10.4. The van der Waals surface area contributed by atoms with Crippen molar-refractivity contribution < 1.29 is 4.79 Å². The predicted molar refractivity (Wildman–Crippen MR) is 55.4 cm³/mol. The van der Waals surface area contributed by atoms with Gasteiger partial charge in [0.2, 0.25) is 5.91 Å². The lowest BCUT2D eigenvalue weighted by Gasteiger charge is -2.13. The van der Waals surface area contributed by atoms with E-state index in [1.165, 1.54) is 0 Å². The SMILES string of the molecule is NC(=O)CNC1=CC(I)=CNC1. The minimum absolute atomic E-state index is 0.192. The van der Waals surface area contributed by atoms with E-state index >= 15 is 0 Å². The topological polar surface area (TPSA) is 67.2 Å². The molecular weight excluding hydrogens is 269 g/mol. The molecule has 1 amide bonds. The molecule has 0 radical (unpaired) electrons. The van der Waals surface area contributed by atoms with Crippen molar-refractivity contribution in [3.8, 4) is 0 Å². The summed E-state index contributed by atoms with van der Waals surface area (Å²) < 4.78 is 1.10. The summed E-state index contributed by atoms with van der Waals surface area (Å²) in [4.78, 5) is 10.4. The molecule has 0 saturated carbocycles. The number of primary amides is 1. The van der Waals surface area contributed by atoms with Crippen LogP contribution >= 0.6 is 22.6 Å². The van der Waals surface area contributed by atoms with Gasteiger partial charge in [0, 0.05) is 15.5 Å². The summed E-state index contributed by atoms with van der Waals surface area (Å²) >= 11 is 2.20. The molecule has 0 aromatic rings. The fourth-order valence-electron chi connectivity index (χ4n) is 0.832. The van der Waals surface area contributed by atoms with Crippen molar-refractivity contribution in [1.82, 2.24) is 10.6 Å². The van der Waals surface area contributed by atoms with E-state index in [0.717, 1.165) is 15.8 Å². The van der Waals surface area contributed by atoms with Crippen LogP contribution in [-0.2, 0) is 4.79 Å². The molecule has 0 spiro atoms. The van der Waals surface area contributed by atoms with Gasteiger partial charge < -0.3 is 16.4 Å². The minimum Gasteiger partial charge on any atom is -0.384 e. The van der Waals surface area contributed by atoms with E-state index < -0.39 is 0 Å². The molecule has 4 nitrogen and oxygen atoms in total. The lowest BCUT2D eigenvalue weighted by molar-refractivity contribution is -0.117. The first kappa shape index (κ1) is 9.37. The van der Waals surface area contributed by atoms with Crippen LogP contribution in [0, 0.1) is 0 Å². The lowest BCUT2D eigenvalue weighted by Crippen LogP contribution is -2.32. The maximum Gasteiger partial charge on any atom is 0.236 e. The van der Waals surface area contributed by atoms with Gasteiger partial charge in [0.05, 0.1) is 13.1 Å². The van der Waals surface area contributed by atoms with Crippen LogP contribution in [0.15, 0.2) is 21.6 Å². The summed E-state index contributed by atoms with van der Waals surface area (Å²) in [7, 11) is 0. The summed E-state index contributed by atoms with van der Waals surface area (Å²) in [5.41, 5.74) is 5.97. The number of carbonyl (C=O) groups is 1. The average Bonchev–Trinajstić information content (AvgIpc) is 2.01. The molecule has 1 heterocycles. The van der Waals surface area contributed by atoms with Crippen LogP contribution in [-0.4, -0.2) is 19.0 Å². The number of nitrogens with one attached hydrogen (secondary N) is 2. The third kappa shape index (κ3) is 3.12. The number of halogens is 1. The van der Waals surface area contributed by atoms with E-state index in [1.807, 2.05) is 12.3 Å². The zero-order valence-corrected chi connectivity index (χ0v) is 8.59. The van der Waals surface area contributed by atoms with Crippen molar-refractivity contribution in [2.75, 3.05) is 13.1 Å². The highest BCUT2D eigenvalue weighted by Crippen LogP contribution is 2.11. The zero-order chi connectivity index (χ0) is 8.97. The first-order valence-electron chi connectivity index (χ1n) is 3.50. The fourth-order valence-corrected chi connectivity index (χ4v) is 1.43. The number of rotatable bonds is 3. The number of dihydropyridines is 1. The molecule has 5 heteroatoms. The fraction of sp³-hybridized carbons (Fsp3) is 0.286. The van der Waals surface area contributed by atoms with Gasteiger partial charge in [-0.05, 0) is 28.7 Å². The molecule has 4 N–H and O–H groups in total. The molecular formula is C7H10IN3O. The Morgan fingerprint density at radius 2 is 2.58 bits per heavy atom. The van der Waals surface area contributed by atoms with Gasteiger partial charge in [-0.25, -0.2) is 0 Å². The van der Waals surface area contributed by atoms with Crippen LogP contribution in [0.25, 0.3) is 0 Å². The van der Waals surface area contributed by atoms with Crippen LogP contribution in [0.5, 0.6) is 0 Å². The van der Waals surface area contributed by atoms with Gasteiger partial charge in [-0.2, -0.15) is 0 Å². The van der Waals surface area contributed by atoms with E-state index in [1.54, 1.807) is 0 Å². The molecule has 0 fully saturated rings. The second-order valence-electron chi connectivity index (χ2n) is 2.40. The molecule has 0 aliphatic carbocycles. The van der Waals surface area contributed by atoms with Crippen molar-refractivity contribution in [2.45, 2.75) is 0 Å². The Morgan fingerprint density at radius 3 is 3.17 bits per heavy atom. The Kier molecular flexibility index (Phi) is 3.39. The smallest absolute Gasteiger partial charge is 0.236 e. The second kappa shape index (κ2) is 4.34. The van der Waals surface area contributed by atoms with Gasteiger partial charge >= 0.3 is 0 Å². The number of amides is 1. The largest absolute Gasteiger partial charge is 0.384 e. The van der Waals surface area contributed by atoms with Gasteiger partial charge in [-0.15, -0.1) is 0 Å². The van der Waals surface area contributed by atoms with Crippen molar-refractivity contribution >= 4 is 28.5 Å². The highest BCUT2D eigenvalue weighted by molar-refractivity contribution is 14.1.